The lowest BCUT2D eigenvalue weighted by Crippen LogP contribution is -2.48. The maximum absolute atomic E-state index is 12.4. The minimum atomic E-state index is -0.184. The molecule has 2 aromatic carbocycles. The van der Waals surface area contributed by atoms with Gasteiger partial charge < -0.3 is 15.1 Å². The van der Waals surface area contributed by atoms with E-state index in [9.17, 15) is 9.59 Å². The number of rotatable bonds is 4. The number of nitrogens with zero attached hydrogens (tertiary/aromatic N) is 2. The molecule has 0 radical (unpaired) electrons. The molecule has 1 fully saturated rings. The molecule has 0 aliphatic carbocycles. The zero-order valence-electron chi connectivity index (χ0n) is 15.7. The van der Waals surface area contributed by atoms with Gasteiger partial charge in [-0.3, -0.25) is 9.59 Å². The van der Waals surface area contributed by atoms with Gasteiger partial charge in [-0.1, -0.05) is 24.6 Å². The largest absolute Gasteiger partial charge is 0.368 e. The van der Waals surface area contributed by atoms with Gasteiger partial charge in [-0.05, 0) is 48.9 Å². The number of hydrogen-bond acceptors (Lipinski definition) is 3. The van der Waals surface area contributed by atoms with E-state index in [1.54, 1.807) is 12.1 Å². The first-order chi connectivity index (χ1) is 13.0. The van der Waals surface area contributed by atoms with Crippen molar-refractivity contribution in [3.05, 3.63) is 58.6 Å². The normalized spacial score (nSPS) is 14.2. The van der Waals surface area contributed by atoms with Crippen molar-refractivity contribution in [1.29, 1.82) is 0 Å². The molecule has 0 saturated carbocycles. The van der Waals surface area contributed by atoms with Gasteiger partial charge in [0.05, 0.1) is 0 Å². The van der Waals surface area contributed by atoms with Crippen LogP contribution in [0.5, 0.6) is 0 Å². The average Bonchev–Trinajstić information content (AvgIpc) is 2.70. The summed E-state index contributed by atoms with van der Waals surface area (Å²) in [7, 11) is 0. The number of carbonyl (C=O) groups is 2. The first-order valence-electron chi connectivity index (χ1n) is 9.18. The highest BCUT2D eigenvalue weighted by atomic mass is 35.5. The Morgan fingerprint density at radius 2 is 1.70 bits per heavy atom. The Morgan fingerprint density at radius 1 is 1.04 bits per heavy atom. The van der Waals surface area contributed by atoms with Crippen molar-refractivity contribution in [1.82, 2.24) is 4.90 Å². The van der Waals surface area contributed by atoms with E-state index in [2.05, 4.69) is 10.2 Å². The fourth-order valence-electron chi connectivity index (χ4n) is 3.13. The van der Waals surface area contributed by atoms with E-state index in [1.807, 2.05) is 49.1 Å². The van der Waals surface area contributed by atoms with E-state index in [1.165, 1.54) is 0 Å². The first-order valence-corrected chi connectivity index (χ1v) is 9.56. The molecular formula is C21H24ClN3O2. The first kappa shape index (κ1) is 19.2. The van der Waals surface area contributed by atoms with Crippen LogP contribution in [0.25, 0.3) is 0 Å². The molecule has 0 unspecified atom stereocenters. The molecule has 2 amide bonds. The molecule has 0 bridgehead atoms. The summed E-state index contributed by atoms with van der Waals surface area (Å²) in [5.41, 5.74) is 3.31. The summed E-state index contributed by atoms with van der Waals surface area (Å²) >= 11 is 6.10. The van der Waals surface area contributed by atoms with Crippen LogP contribution in [0.15, 0.2) is 42.5 Å². The zero-order valence-corrected chi connectivity index (χ0v) is 16.4. The van der Waals surface area contributed by atoms with Gasteiger partial charge in [0, 0.05) is 54.6 Å². The van der Waals surface area contributed by atoms with Crippen LogP contribution in [0.3, 0.4) is 0 Å². The van der Waals surface area contributed by atoms with Crippen molar-refractivity contribution in [2.45, 2.75) is 20.3 Å². The quantitative estimate of drug-likeness (QED) is 0.866. The highest BCUT2D eigenvalue weighted by molar-refractivity contribution is 6.31. The Hall–Kier alpha value is -2.53. The topological polar surface area (TPSA) is 52.7 Å². The minimum Gasteiger partial charge on any atom is -0.368 e. The van der Waals surface area contributed by atoms with Crippen molar-refractivity contribution >= 4 is 34.8 Å². The maximum Gasteiger partial charge on any atom is 0.255 e. The van der Waals surface area contributed by atoms with E-state index in [-0.39, 0.29) is 11.8 Å². The fraction of sp³-hybridized carbons (Fsp3) is 0.333. The Balaban J connectivity index is 1.60. The van der Waals surface area contributed by atoms with Crippen molar-refractivity contribution in [3.63, 3.8) is 0 Å². The predicted molar refractivity (Wildman–Crippen MR) is 110 cm³/mol. The summed E-state index contributed by atoms with van der Waals surface area (Å²) < 4.78 is 0. The molecule has 1 aliphatic heterocycles. The van der Waals surface area contributed by atoms with E-state index in [4.69, 9.17) is 11.6 Å². The van der Waals surface area contributed by atoms with Crippen LogP contribution in [-0.2, 0) is 4.79 Å². The molecular weight excluding hydrogens is 362 g/mol. The smallest absolute Gasteiger partial charge is 0.255 e. The lowest BCUT2D eigenvalue weighted by molar-refractivity contribution is -0.131. The highest BCUT2D eigenvalue weighted by Gasteiger charge is 2.20. The van der Waals surface area contributed by atoms with E-state index >= 15 is 0 Å². The number of anilines is 2. The molecule has 0 atom stereocenters. The molecule has 1 aliphatic rings. The van der Waals surface area contributed by atoms with Crippen LogP contribution >= 0.6 is 11.6 Å². The van der Waals surface area contributed by atoms with Crippen molar-refractivity contribution in [2.24, 2.45) is 0 Å². The maximum atomic E-state index is 12.4. The minimum absolute atomic E-state index is 0.184. The highest BCUT2D eigenvalue weighted by Crippen LogP contribution is 2.21. The van der Waals surface area contributed by atoms with Crippen LogP contribution in [0.2, 0.25) is 5.02 Å². The van der Waals surface area contributed by atoms with Crippen LogP contribution in [0.4, 0.5) is 11.4 Å². The Bertz CT molecular complexity index is 828. The van der Waals surface area contributed by atoms with Crippen LogP contribution in [0.1, 0.15) is 29.3 Å². The number of carbonyl (C=O) groups excluding carboxylic acids is 2. The summed E-state index contributed by atoms with van der Waals surface area (Å²) in [6.45, 7) is 6.93. The van der Waals surface area contributed by atoms with Crippen LogP contribution < -0.4 is 10.2 Å². The molecule has 0 aromatic heterocycles. The number of amides is 2. The second kappa shape index (κ2) is 8.44. The van der Waals surface area contributed by atoms with Gasteiger partial charge >= 0.3 is 0 Å². The van der Waals surface area contributed by atoms with Crippen molar-refractivity contribution in [2.75, 3.05) is 36.4 Å². The molecule has 5 nitrogen and oxygen atoms in total. The predicted octanol–water partition coefficient (Wildman–Crippen LogP) is 3.96. The molecule has 3 rings (SSSR count). The second-order valence-corrected chi connectivity index (χ2v) is 7.09. The fourth-order valence-corrected chi connectivity index (χ4v) is 3.31. The third kappa shape index (κ3) is 4.61. The molecule has 142 valence electrons. The van der Waals surface area contributed by atoms with Gasteiger partial charge in [-0.2, -0.15) is 0 Å². The summed E-state index contributed by atoms with van der Waals surface area (Å²) in [6.07, 6.45) is 0.556. The zero-order chi connectivity index (χ0) is 19.4. The standard InChI is InChI=1S/C21H24ClN3O2/c1-3-20(26)25-12-10-24(11-13-25)18-8-6-17(7-9-18)23-21(27)16-5-4-15(2)19(22)14-16/h4-9,14H,3,10-13H2,1-2H3,(H,23,27). The lowest BCUT2D eigenvalue weighted by atomic mass is 10.1. The van der Waals surface area contributed by atoms with Gasteiger partial charge in [-0.15, -0.1) is 0 Å². The summed E-state index contributed by atoms with van der Waals surface area (Å²) in [5, 5.41) is 3.48. The van der Waals surface area contributed by atoms with Crippen LogP contribution in [-0.4, -0.2) is 42.9 Å². The number of hydrogen-bond donors (Lipinski definition) is 1. The van der Waals surface area contributed by atoms with Crippen molar-refractivity contribution < 1.29 is 9.59 Å². The molecule has 1 heterocycles. The van der Waals surface area contributed by atoms with Gasteiger partial charge in [0.25, 0.3) is 5.91 Å². The number of aryl methyl sites for hydroxylation is 1. The molecule has 1 N–H and O–H groups in total. The molecule has 27 heavy (non-hydrogen) atoms. The van der Waals surface area contributed by atoms with Crippen molar-refractivity contribution in [3.8, 4) is 0 Å². The number of piperazine rings is 1. The molecule has 1 saturated heterocycles. The van der Waals surface area contributed by atoms with Gasteiger partial charge in [0.15, 0.2) is 0 Å². The number of halogens is 1. The molecule has 6 heteroatoms. The molecule has 2 aromatic rings. The van der Waals surface area contributed by atoms with Crippen LogP contribution in [0, 0.1) is 6.92 Å². The SMILES string of the molecule is CCC(=O)N1CCN(c2ccc(NC(=O)c3ccc(C)c(Cl)c3)cc2)CC1. The van der Waals surface area contributed by atoms with E-state index in [0.717, 1.165) is 43.1 Å². The Morgan fingerprint density at radius 3 is 2.30 bits per heavy atom. The monoisotopic (exact) mass is 385 g/mol. The summed E-state index contributed by atoms with van der Waals surface area (Å²) in [6, 6.07) is 13.1. The van der Waals surface area contributed by atoms with E-state index < -0.39 is 0 Å². The average molecular weight is 386 g/mol. The summed E-state index contributed by atoms with van der Waals surface area (Å²) in [5.74, 6) is 0.0280. The Kier molecular flexibility index (Phi) is 6.01. The second-order valence-electron chi connectivity index (χ2n) is 6.69. The number of nitrogens with one attached hydrogen (secondary N) is 1. The lowest BCUT2D eigenvalue weighted by Gasteiger charge is -2.36. The van der Waals surface area contributed by atoms with Gasteiger partial charge in [-0.25, -0.2) is 0 Å². The Labute approximate surface area is 164 Å². The molecule has 0 spiro atoms. The van der Waals surface area contributed by atoms with E-state index in [0.29, 0.717) is 17.0 Å². The third-order valence-electron chi connectivity index (χ3n) is 4.86. The summed E-state index contributed by atoms with van der Waals surface area (Å²) in [4.78, 5) is 28.3. The van der Waals surface area contributed by atoms with Gasteiger partial charge in [0.2, 0.25) is 5.91 Å². The van der Waals surface area contributed by atoms with Gasteiger partial charge in [0.1, 0.15) is 0 Å². The number of benzene rings is 2. The third-order valence-corrected chi connectivity index (χ3v) is 5.27.